The molecule has 28 heavy (non-hydrogen) atoms. The molecule has 3 aromatic rings. The van der Waals surface area contributed by atoms with Crippen LogP contribution in [0.4, 0.5) is 11.4 Å². The zero-order valence-electron chi connectivity index (χ0n) is 14.9. The van der Waals surface area contributed by atoms with E-state index in [0.717, 1.165) is 16.8 Å². The molecule has 0 spiro atoms. The average molecular weight is 380 g/mol. The van der Waals surface area contributed by atoms with E-state index < -0.39 is 29.1 Å². The molecule has 0 saturated carbocycles. The number of hydrogen-bond donors (Lipinski definition) is 1. The van der Waals surface area contributed by atoms with E-state index in [9.17, 15) is 19.7 Å². The second-order valence-corrected chi connectivity index (χ2v) is 5.83. The molecule has 0 radical (unpaired) electrons. The number of rotatable bonds is 6. The lowest BCUT2D eigenvalue weighted by Gasteiger charge is -2.09. The van der Waals surface area contributed by atoms with Crippen LogP contribution >= 0.6 is 0 Å². The molecular formula is C20H16N2O6. The first-order valence-electron chi connectivity index (χ1n) is 8.26. The van der Waals surface area contributed by atoms with Crippen molar-refractivity contribution in [2.24, 2.45) is 0 Å². The molecule has 3 rings (SSSR count). The van der Waals surface area contributed by atoms with Gasteiger partial charge in [0, 0.05) is 11.8 Å². The van der Waals surface area contributed by atoms with Crippen molar-refractivity contribution in [2.45, 2.75) is 0 Å². The number of anilines is 1. The molecule has 8 heteroatoms. The van der Waals surface area contributed by atoms with Gasteiger partial charge in [-0.25, -0.2) is 4.79 Å². The van der Waals surface area contributed by atoms with Gasteiger partial charge >= 0.3 is 11.7 Å². The van der Waals surface area contributed by atoms with Gasteiger partial charge in [-0.1, -0.05) is 30.3 Å². The first kappa shape index (κ1) is 18.8. The highest BCUT2D eigenvalue weighted by Crippen LogP contribution is 2.28. The summed E-state index contributed by atoms with van der Waals surface area (Å²) >= 11 is 0. The zero-order chi connectivity index (χ0) is 20.1. The molecule has 1 N–H and O–H groups in total. The van der Waals surface area contributed by atoms with Gasteiger partial charge in [0.1, 0.15) is 0 Å². The Balaban J connectivity index is 1.69. The number of benzene rings is 3. The molecule has 0 aliphatic rings. The minimum absolute atomic E-state index is 0.0159. The first-order valence-corrected chi connectivity index (χ1v) is 8.26. The fourth-order valence-electron chi connectivity index (χ4n) is 2.63. The van der Waals surface area contributed by atoms with Gasteiger partial charge in [0.2, 0.25) is 0 Å². The molecule has 0 fully saturated rings. The van der Waals surface area contributed by atoms with Crippen molar-refractivity contribution in [3.05, 3.63) is 76.3 Å². The van der Waals surface area contributed by atoms with Crippen molar-refractivity contribution in [1.82, 2.24) is 0 Å². The van der Waals surface area contributed by atoms with E-state index in [0.29, 0.717) is 5.69 Å². The number of nitrogens with zero attached hydrogens (tertiary/aromatic N) is 1. The summed E-state index contributed by atoms with van der Waals surface area (Å²) in [5.74, 6) is -1.29. The molecule has 0 aliphatic carbocycles. The Morgan fingerprint density at radius 3 is 2.50 bits per heavy atom. The van der Waals surface area contributed by atoms with E-state index in [1.54, 1.807) is 6.07 Å². The Bertz CT molecular complexity index is 1060. The van der Waals surface area contributed by atoms with Gasteiger partial charge in [-0.15, -0.1) is 0 Å². The van der Waals surface area contributed by atoms with Crippen LogP contribution in [-0.2, 0) is 9.53 Å². The van der Waals surface area contributed by atoms with Crippen molar-refractivity contribution in [3.63, 3.8) is 0 Å². The second kappa shape index (κ2) is 8.17. The van der Waals surface area contributed by atoms with Crippen LogP contribution in [0.1, 0.15) is 10.4 Å². The number of carbonyl (C=O) groups is 2. The van der Waals surface area contributed by atoms with Gasteiger partial charge in [-0.2, -0.15) is 0 Å². The number of fused-ring (bicyclic) bond motifs is 1. The van der Waals surface area contributed by atoms with Crippen LogP contribution in [0.15, 0.2) is 60.7 Å². The van der Waals surface area contributed by atoms with Crippen molar-refractivity contribution < 1.29 is 24.0 Å². The second-order valence-electron chi connectivity index (χ2n) is 5.83. The smallest absolute Gasteiger partial charge is 0.338 e. The van der Waals surface area contributed by atoms with Gasteiger partial charge in [0.05, 0.1) is 17.6 Å². The number of amides is 1. The maximum Gasteiger partial charge on any atom is 0.338 e. The minimum Gasteiger partial charge on any atom is -0.477 e. The number of nitro benzene ring substituents is 1. The molecule has 3 aromatic carbocycles. The summed E-state index contributed by atoms with van der Waals surface area (Å²) in [4.78, 5) is 34.2. The molecule has 0 bridgehead atoms. The number of ether oxygens (including phenoxy) is 2. The van der Waals surface area contributed by atoms with Crippen molar-refractivity contribution in [3.8, 4) is 5.75 Å². The first-order chi connectivity index (χ1) is 13.5. The van der Waals surface area contributed by atoms with Crippen LogP contribution < -0.4 is 10.1 Å². The van der Waals surface area contributed by atoms with E-state index in [1.807, 2.05) is 36.4 Å². The molecular weight excluding hydrogens is 364 g/mol. The summed E-state index contributed by atoms with van der Waals surface area (Å²) in [5.41, 5.74) is 0.173. The van der Waals surface area contributed by atoms with E-state index in [2.05, 4.69) is 10.1 Å². The van der Waals surface area contributed by atoms with Crippen LogP contribution in [0.2, 0.25) is 0 Å². The molecule has 8 nitrogen and oxygen atoms in total. The van der Waals surface area contributed by atoms with Gasteiger partial charge < -0.3 is 14.8 Å². The SMILES string of the molecule is COC(=O)c1ccc(OCC(=O)Nc2ccc3ccccc3c2)c([N+](=O)[O-])c1. The molecule has 0 aliphatic heterocycles. The number of esters is 1. The van der Waals surface area contributed by atoms with Crippen LogP contribution in [0.3, 0.4) is 0 Å². The lowest BCUT2D eigenvalue weighted by atomic mass is 10.1. The summed E-state index contributed by atoms with van der Waals surface area (Å²) in [7, 11) is 1.18. The Morgan fingerprint density at radius 1 is 1.04 bits per heavy atom. The van der Waals surface area contributed by atoms with Crippen molar-refractivity contribution >= 4 is 34.0 Å². The third kappa shape index (κ3) is 4.24. The third-order valence-electron chi connectivity index (χ3n) is 3.97. The van der Waals surface area contributed by atoms with E-state index >= 15 is 0 Å². The van der Waals surface area contributed by atoms with Gasteiger partial charge in [-0.05, 0) is 35.0 Å². The molecule has 1 amide bonds. The summed E-state index contributed by atoms with van der Waals surface area (Å²) in [6.07, 6.45) is 0. The zero-order valence-corrected chi connectivity index (χ0v) is 14.9. The van der Waals surface area contributed by atoms with Crippen molar-refractivity contribution in [2.75, 3.05) is 19.0 Å². The predicted molar refractivity (Wildman–Crippen MR) is 103 cm³/mol. The van der Waals surface area contributed by atoms with Crippen LogP contribution in [-0.4, -0.2) is 30.5 Å². The maximum absolute atomic E-state index is 12.1. The molecule has 0 saturated heterocycles. The average Bonchev–Trinajstić information content (AvgIpc) is 2.71. The summed E-state index contributed by atoms with van der Waals surface area (Å²) in [6.45, 7) is -0.425. The predicted octanol–water partition coefficient (Wildman–Crippen LogP) is 3.55. The fourth-order valence-corrected chi connectivity index (χ4v) is 2.63. The summed E-state index contributed by atoms with van der Waals surface area (Å²) in [5, 5.41) is 15.9. The van der Waals surface area contributed by atoms with Gasteiger partial charge in [0.15, 0.2) is 12.4 Å². The molecule has 0 unspecified atom stereocenters. The van der Waals surface area contributed by atoms with E-state index in [-0.39, 0.29) is 11.3 Å². The normalized spacial score (nSPS) is 10.3. The monoisotopic (exact) mass is 380 g/mol. The molecule has 0 atom stereocenters. The van der Waals surface area contributed by atoms with Crippen LogP contribution in [0, 0.1) is 10.1 Å². The number of nitrogens with one attached hydrogen (secondary N) is 1. The Hall–Kier alpha value is -3.94. The largest absolute Gasteiger partial charge is 0.477 e. The molecule has 0 heterocycles. The number of methoxy groups -OCH3 is 1. The standard InChI is InChI=1S/C20H16N2O6/c1-27-20(24)15-7-9-18(17(11-15)22(25)26)28-12-19(23)21-16-8-6-13-4-2-3-5-14(13)10-16/h2-11H,12H2,1H3,(H,21,23). The summed E-state index contributed by atoms with van der Waals surface area (Å²) in [6, 6.07) is 16.8. The highest BCUT2D eigenvalue weighted by molar-refractivity contribution is 5.95. The van der Waals surface area contributed by atoms with Gasteiger partial charge in [-0.3, -0.25) is 14.9 Å². The fraction of sp³-hybridized carbons (Fsp3) is 0.100. The van der Waals surface area contributed by atoms with E-state index in [4.69, 9.17) is 4.74 Å². The number of nitro groups is 1. The maximum atomic E-state index is 12.1. The highest BCUT2D eigenvalue weighted by Gasteiger charge is 2.20. The Labute approximate surface area is 159 Å². The third-order valence-corrected chi connectivity index (χ3v) is 3.97. The van der Waals surface area contributed by atoms with Crippen LogP contribution in [0.25, 0.3) is 10.8 Å². The molecule has 0 aromatic heterocycles. The van der Waals surface area contributed by atoms with E-state index in [1.165, 1.54) is 19.2 Å². The Morgan fingerprint density at radius 2 is 1.79 bits per heavy atom. The lowest BCUT2D eigenvalue weighted by molar-refractivity contribution is -0.385. The topological polar surface area (TPSA) is 108 Å². The number of hydrogen-bond acceptors (Lipinski definition) is 6. The Kier molecular flexibility index (Phi) is 5.50. The number of carbonyl (C=O) groups excluding carboxylic acids is 2. The minimum atomic E-state index is -0.705. The quantitative estimate of drug-likeness (QED) is 0.398. The summed E-state index contributed by atoms with van der Waals surface area (Å²) < 4.78 is 9.82. The molecule has 142 valence electrons. The van der Waals surface area contributed by atoms with Gasteiger partial charge in [0.25, 0.3) is 5.91 Å². The lowest BCUT2D eigenvalue weighted by Crippen LogP contribution is -2.20. The van der Waals surface area contributed by atoms with Crippen molar-refractivity contribution in [1.29, 1.82) is 0 Å². The van der Waals surface area contributed by atoms with Crippen LogP contribution in [0.5, 0.6) is 5.75 Å². The highest BCUT2D eigenvalue weighted by atomic mass is 16.6.